The van der Waals surface area contributed by atoms with Crippen LogP contribution in [0.2, 0.25) is 0 Å². The van der Waals surface area contributed by atoms with Gasteiger partial charge in [0.1, 0.15) is 36.1 Å². The fourth-order valence-corrected chi connectivity index (χ4v) is 3.27. The van der Waals surface area contributed by atoms with Crippen LogP contribution in [0.3, 0.4) is 0 Å². The Kier molecular flexibility index (Phi) is 5.98. The van der Waals surface area contributed by atoms with E-state index in [9.17, 15) is 46.0 Å². The van der Waals surface area contributed by atoms with Crippen LogP contribution in [0, 0.1) is 0 Å². The van der Waals surface area contributed by atoms with E-state index in [-0.39, 0.29) is 12.0 Å². The quantitative estimate of drug-likeness (QED) is 0.218. The molecule has 10 N–H and O–H groups in total. The first-order chi connectivity index (χ1) is 11.2. The summed E-state index contributed by atoms with van der Waals surface area (Å²) in [6.45, 7) is -1.42. The summed E-state index contributed by atoms with van der Waals surface area (Å²) in [7, 11) is 0. The molecule has 2 rings (SSSR count). The Morgan fingerprint density at radius 2 is 1.58 bits per heavy atom. The summed E-state index contributed by atoms with van der Waals surface area (Å²) in [4.78, 5) is 0. The maximum atomic E-state index is 10.2. The van der Waals surface area contributed by atoms with Gasteiger partial charge in [-0.1, -0.05) is 6.08 Å². The van der Waals surface area contributed by atoms with Crippen LogP contribution in [0.1, 0.15) is 6.42 Å². The third-order valence-corrected chi connectivity index (χ3v) is 4.89. The lowest BCUT2D eigenvalue weighted by molar-refractivity contribution is -0.208. The van der Waals surface area contributed by atoms with Crippen molar-refractivity contribution in [1.82, 2.24) is 5.32 Å². The predicted molar refractivity (Wildman–Crippen MR) is 78.6 cm³/mol. The van der Waals surface area contributed by atoms with E-state index in [1.807, 2.05) is 0 Å². The van der Waals surface area contributed by atoms with Crippen LogP contribution in [0.25, 0.3) is 0 Å². The number of aliphatic hydroxyl groups is 9. The molecule has 9 atom stereocenters. The Labute approximate surface area is 137 Å². The van der Waals surface area contributed by atoms with Gasteiger partial charge in [-0.05, 0) is 12.0 Å². The highest BCUT2D eigenvalue weighted by Crippen LogP contribution is 2.31. The highest BCUT2D eigenvalue weighted by atomic mass is 16.4. The lowest BCUT2D eigenvalue weighted by atomic mass is 9.75. The van der Waals surface area contributed by atoms with Gasteiger partial charge in [0.15, 0.2) is 0 Å². The van der Waals surface area contributed by atoms with Crippen LogP contribution >= 0.6 is 0 Å². The zero-order chi connectivity index (χ0) is 18.2. The maximum Gasteiger partial charge on any atom is 0.118 e. The largest absolute Gasteiger partial charge is 0.393 e. The monoisotopic (exact) mass is 351 g/mol. The summed E-state index contributed by atoms with van der Waals surface area (Å²) < 4.78 is 0. The molecule has 0 spiro atoms. The highest BCUT2D eigenvalue weighted by molar-refractivity contribution is 5.22. The van der Waals surface area contributed by atoms with Crippen LogP contribution < -0.4 is 5.32 Å². The van der Waals surface area contributed by atoms with Crippen molar-refractivity contribution in [2.45, 2.75) is 60.7 Å². The standard InChI is InChI=1S/C14H25NO9/c16-3-5-1-6(9(19)11(21)8(5)18)15-7-2-14(24,4-17)13(23)12(22)10(7)20/h1,6-13,15-24H,2-4H2. The van der Waals surface area contributed by atoms with Gasteiger partial charge in [-0.15, -0.1) is 0 Å². The summed E-state index contributed by atoms with van der Waals surface area (Å²) in [5.74, 6) is 0. The van der Waals surface area contributed by atoms with Gasteiger partial charge in [0.05, 0.1) is 25.4 Å². The van der Waals surface area contributed by atoms with Crippen molar-refractivity contribution in [3.8, 4) is 0 Å². The van der Waals surface area contributed by atoms with Gasteiger partial charge < -0.3 is 51.3 Å². The normalized spacial score (nSPS) is 49.8. The van der Waals surface area contributed by atoms with Crippen LogP contribution in [-0.2, 0) is 0 Å². The second-order valence-corrected chi connectivity index (χ2v) is 6.52. The Hall–Kier alpha value is -0.660. The van der Waals surface area contributed by atoms with Gasteiger partial charge in [-0.25, -0.2) is 0 Å². The minimum Gasteiger partial charge on any atom is -0.393 e. The molecule has 0 aromatic rings. The van der Waals surface area contributed by atoms with E-state index in [0.717, 1.165) is 0 Å². The van der Waals surface area contributed by atoms with Gasteiger partial charge in [0.25, 0.3) is 0 Å². The third-order valence-electron chi connectivity index (χ3n) is 4.89. The fourth-order valence-electron chi connectivity index (χ4n) is 3.27. The van der Waals surface area contributed by atoms with E-state index in [4.69, 9.17) is 0 Å². The molecule has 140 valence electrons. The highest BCUT2D eigenvalue weighted by Gasteiger charge is 2.52. The van der Waals surface area contributed by atoms with Gasteiger partial charge in [-0.2, -0.15) is 0 Å². The van der Waals surface area contributed by atoms with Crippen LogP contribution in [-0.4, -0.2) is 113 Å². The molecule has 1 fully saturated rings. The van der Waals surface area contributed by atoms with Crippen molar-refractivity contribution in [3.63, 3.8) is 0 Å². The Bertz CT molecular complexity index is 475. The molecule has 0 saturated heterocycles. The lowest BCUT2D eigenvalue weighted by Gasteiger charge is -2.47. The minimum atomic E-state index is -2.06. The molecule has 0 heterocycles. The topological polar surface area (TPSA) is 194 Å². The van der Waals surface area contributed by atoms with Crippen molar-refractivity contribution in [3.05, 3.63) is 11.6 Å². The molecule has 2 aliphatic carbocycles. The molecule has 10 nitrogen and oxygen atoms in total. The number of rotatable bonds is 4. The van der Waals surface area contributed by atoms with Crippen molar-refractivity contribution in [1.29, 1.82) is 0 Å². The first-order valence-electron chi connectivity index (χ1n) is 7.65. The molecule has 0 amide bonds. The molecule has 0 aliphatic heterocycles. The smallest absolute Gasteiger partial charge is 0.118 e. The third kappa shape index (κ3) is 3.35. The molecule has 9 unspecified atom stereocenters. The Balaban J connectivity index is 2.21. The Morgan fingerprint density at radius 3 is 2.12 bits per heavy atom. The number of nitrogens with one attached hydrogen (secondary N) is 1. The second kappa shape index (κ2) is 7.30. The summed E-state index contributed by atoms with van der Waals surface area (Å²) in [5.41, 5.74) is -1.99. The summed E-state index contributed by atoms with van der Waals surface area (Å²) in [6.07, 6.45) is -8.59. The van der Waals surface area contributed by atoms with E-state index < -0.39 is 67.5 Å². The predicted octanol–water partition coefficient (Wildman–Crippen LogP) is -5.46. The van der Waals surface area contributed by atoms with Gasteiger partial charge in [0, 0.05) is 6.04 Å². The second-order valence-electron chi connectivity index (χ2n) is 6.52. The van der Waals surface area contributed by atoms with E-state index in [1.54, 1.807) is 0 Å². The number of aliphatic hydroxyl groups excluding tert-OH is 8. The number of hydrogen-bond acceptors (Lipinski definition) is 10. The zero-order valence-electron chi connectivity index (χ0n) is 12.8. The maximum absolute atomic E-state index is 10.2. The van der Waals surface area contributed by atoms with Crippen molar-refractivity contribution >= 4 is 0 Å². The number of hydrogen-bond donors (Lipinski definition) is 10. The molecular formula is C14H25NO9. The van der Waals surface area contributed by atoms with Crippen molar-refractivity contribution in [2.75, 3.05) is 13.2 Å². The van der Waals surface area contributed by atoms with E-state index in [0.29, 0.717) is 0 Å². The molecule has 10 heteroatoms. The van der Waals surface area contributed by atoms with E-state index in [2.05, 4.69) is 5.32 Å². The molecule has 0 bridgehead atoms. The Morgan fingerprint density at radius 1 is 0.958 bits per heavy atom. The fraction of sp³-hybridized carbons (Fsp3) is 0.857. The summed E-state index contributed by atoms with van der Waals surface area (Å²) >= 11 is 0. The summed E-state index contributed by atoms with van der Waals surface area (Å²) in [6, 6.07) is -2.05. The first kappa shape index (κ1) is 19.7. The van der Waals surface area contributed by atoms with Gasteiger partial charge in [-0.3, -0.25) is 0 Å². The molecule has 1 saturated carbocycles. The van der Waals surface area contributed by atoms with E-state index in [1.165, 1.54) is 6.08 Å². The van der Waals surface area contributed by atoms with Crippen LogP contribution in [0.5, 0.6) is 0 Å². The lowest BCUT2D eigenvalue weighted by Crippen LogP contribution is -2.69. The average molecular weight is 351 g/mol. The van der Waals surface area contributed by atoms with Gasteiger partial charge in [0.2, 0.25) is 0 Å². The average Bonchev–Trinajstić information content (AvgIpc) is 2.58. The van der Waals surface area contributed by atoms with Crippen LogP contribution in [0.15, 0.2) is 11.6 Å². The van der Waals surface area contributed by atoms with Crippen molar-refractivity contribution < 1.29 is 46.0 Å². The van der Waals surface area contributed by atoms with E-state index >= 15 is 0 Å². The zero-order valence-corrected chi connectivity index (χ0v) is 12.8. The molecule has 0 radical (unpaired) electrons. The SMILES string of the molecule is OCC1=CC(NC2CC(O)(CO)C(O)C(O)C2O)C(O)C(O)C1O. The minimum absolute atomic E-state index is 0.0635. The molecule has 0 aromatic heterocycles. The molecule has 2 aliphatic rings. The van der Waals surface area contributed by atoms with Crippen LogP contribution in [0.4, 0.5) is 0 Å². The van der Waals surface area contributed by atoms with Crippen molar-refractivity contribution in [2.24, 2.45) is 0 Å². The molecule has 24 heavy (non-hydrogen) atoms. The summed E-state index contributed by atoms with van der Waals surface area (Å²) in [5, 5.41) is 90.6. The van der Waals surface area contributed by atoms with Gasteiger partial charge >= 0.3 is 0 Å². The molecule has 0 aromatic carbocycles. The first-order valence-corrected chi connectivity index (χ1v) is 7.65. The molecular weight excluding hydrogens is 326 g/mol.